The molecule has 0 spiro atoms. The molecule has 9 heteroatoms. The third-order valence-electron chi connectivity index (χ3n) is 4.79. The highest BCUT2D eigenvalue weighted by atomic mass is 32.2. The van der Waals surface area contributed by atoms with Gasteiger partial charge in [0.2, 0.25) is 11.1 Å². The van der Waals surface area contributed by atoms with Crippen LogP contribution in [-0.4, -0.2) is 44.1 Å². The molecule has 0 aliphatic carbocycles. The molecule has 0 unspecified atom stereocenters. The molecule has 1 aliphatic rings. The quantitative estimate of drug-likeness (QED) is 0.706. The summed E-state index contributed by atoms with van der Waals surface area (Å²) in [6.07, 6.45) is 2.92. The summed E-state index contributed by atoms with van der Waals surface area (Å²) in [4.78, 5) is 16.8. The Morgan fingerprint density at radius 3 is 2.96 bits per heavy atom. The van der Waals surface area contributed by atoms with Crippen molar-refractivity contribution < 1.29 is 9.53 Å². The Labute approximate surface area is 162 Å². The number of nitrogens with one attached hydrogen (secondary N) is 2. The Hall–Kier alpha value is -2.31. The minimum absolute atomic E-state index is 0.118. The van der Waals surface area contributed by atoms with Crippen molar-refractivity contribution >= 4 is 23.5 Å². The number of aromatic amines is 1. The Bertz CT molecular complexity index is 860. The van der Waals surface area contributed by atoms with E-state index in [1.165, 1.54) is 11.8 Å². The second-order valence-electron chi connectivity index (χ2n) is 6.55. The maximum absolute atomic E-state index is 12.5. The van der Waals surface area contributed by atoms with E-state index in [0.717, 1.165) is 43.0 Å². The van der Waals surface area contributed by atoms with Gasteiger partial charge in [0, 0.05) is 18.7 Å². The summed E-state index contributed by atoms with van der Waals surface area (Å²) in [6, 6.07) is 2.23. The number of amides is 1. The van der Waals surface area contributed by atoms with Gasteiger partial charge in [-0.3, -0.25) is 9.89 Å². The Balaban J connectivity index is 1.72. The minimum atomic E-state index is -0.189. The number of hydrogen-bond acceptors (Lipinski definition) is 6. The summed E-state index contributed by atoms with van der Waals surface area (Å²) in [5.74, 6) is 1.33. The number of thioether (sulfide) groups is 1. The zero-order valence-electron chi connectivity index (χ0n) is 15.8. The molecule has 2 aromatic rings. The average Bonchev–Trinajstić information content (AvgIpc) is 3.38. The highest BCUT2D eigenvalue weighted by Crippen LogP contribution is 2.28. The lowest BCUT2D eigenvalue weighted by Gasteiger charge is -2.16. The van der Waals surface area contributed by atoms with Crippen LogP contribution >= 0.6 is 11.8 Å². The summed E-state index contributed by atoms with van der Waals surface area (Å²) in [7, 11) is 0. The van der Waals surface area contributed by atoms with E-state index in [1.54, 1.807) is 0 Å². The number of nitriles is 1. The first-order chi connectivity index (χ1) is 13.0. The second kappa shape index (κ2) is 8.59. The number of anilines is 1. The molecule has 1 aliphatic heterocycles. The molecule has 27 heavy (non-hydrogen) atoms. The zero-order valence-corrected chi connectivity index (χ0v) is 16.7. The molecule has 1 amide bonds. The molecular weight excluding hydrogens is 364 g/mol. The zero-order chi connectivity index (χ0) is 19.4. The first-order valence-electron chi connectivity index (χ1n) is 9.08. The van der Waals surface area contributed by atoms with Gasteiger partial charge in [-0.1, -0.05) is 18.7 Å². The molecular formula is C18H24N6O2S. The maximum Gasteiger partial charge on any atom is 0.235 e. The third kappa shape index (κ3) is 4.34. The Morgan fingerprint density at radius 2 is 2.33 bits per heavy atom. The van der Waals surface area contributed by atoms with Crippen LogP contribution in [-0.2, 0) is 22.5 Å². The summed E-state index contributed by atoms with van der Waals surface area (Å²) in [6.45, 7) is 7.26. The standard InChI is InChI=1S/C18H24N6O2S/c1-4-15-20-18(23-22-15)27-10-16(25)21-17-14(8-19)11(2)12(3)24(17)9-13-6-5-7-26-13/h13H,4-7,9-10H2,1-3H3,(H,21,25)(H,20,22,23)/t13-/m0/s1. The van der Waals surface area contributed by atoms with Crippen molar-refractivity contribution in [3.05, 3.63) is 22.6 Å². The highest BCUT2D eigenvalue weighted by molar-refractivity contribution is 7.99. The van der Waals surface area contributed by atoms with Crippen molar-refractivity contribution in [3.8, 4) is 6.07 Å². The van der Waals surface area contributed by atoms with Gasteiger partial charge in [0.05, 0.1) is 24.0 Å². The number of hydrogen-bond donors (Lipinski definition) is 2. The molecule has 0 saturated carbocycles. The van der Waals surface area contributed by atoms with Crippen molar-refractivity contribution in [2.24, 2.45) is 0 Å². The van der Waals surface area contributed by atoms with Crippen molar-refractivity contribution in [2.45, 2.75) is 57.8 Å². The second-order valence-corrected chi connectivity index (χ2v) is 7.49. The van der Waals surface area contributed by atoms with Crippen LogP contribution in [0.5, 0.6) is 0 Å². The molecule has 8 nitrogen and oxygen atoms in total. The Kier molecular flexibility index (Phi) is 6.19. The highest BCUT2D eigenvalue weighted by Gasteiger charge is 2.24. The van der Waals surface area contributed by atoms with Gasteiger partial charge in [-0.25, -0.2) is 4.98 Å². The number of nitrogens with zero attached hydrogens (tertiary/aromatic N) is 4. The number of H-pyrrole nitrogens is 1. The Morgan fingerprint density at radius 1 is 1.52 bits per heavy atom. The summed E-state index contributed by atoms with van der Waals surface area (Å²) < 4.78 is 7.73. The van der Waals surface area contributed by atoms with E-state index in [0.29, 0.717) is 23.1 Å². The molecule has 144 valence electrons. The van der Waals surface area contributed by atoms with Crippen LogP contribution < -0.4 is 5.32 Å². The predicted octanol–water partition coefficient (Wildman–Crippen LogP) is 2.57. The molecule has 2 N–H and O–H groups in total. The van der Waals surface area contributed by atoms with E-state index in [9.17, 15) is 10.1 Å². The van der Waals surface area contributed by atoms with E-state index < -0.39 is 0 Å². The number of carbonyl (C=O) groups excluding carboxylic acids is 1. The molecule has 0 bridgehead atoms. The lowest BCUT2D eigenvalue weighted by Crippen LogP contribution is -2.22. The molecule has 1 atom stereocenters. The van der Waals surface area contributed by atoms with Gasteiger partial charge >= 0.3 is 0 Å². The van der Waals surface area contributed by atoms with Gasteiger partial charge in [0.1, 0.15) is 17.7 Å². The molecule has 2 aromatic heterocycles. The fourth-order valence-corrected chi connectivity index (χ4v) is 3.77. The minimum Gasteiger partial charge on any atom is -0.376 e. The van der Waals surface area contributed by atoms with E-state index in [-0.39, 0.29) is 17.8 Å². The summed E-state index contributed by atoms with van der Waals surface area (Å²) >= 11 is 1.26. The molecule has 3 rings (SSSR count). The van der Waals surface area contributed by atoms with Gasteiger partial charge in [-0.2, -0.15) is 5.26 Å². The van der Waals surface area contributed by atoms with Crippen molar-refractivity contribution in [3.63, 3.8) is 0 Å². The molecule has 3 heterocycles. The van der Waals surface area contributed by atoms with Crippen molar-refractivity contribution in [1.82, 2.24) is 19.7 Å². The molecule has 0 aromatic carbocycles. The van der Waals surface area contributed by atoms with Gasteiger partial charge in [-0.15, -0.1) is 5.10 Å². The van der Waals surface area contributed by atoms with Crippen LogP contribution in [0.1, 0.15) is 42.4 Å². The van der Waals surface area contributed by atoms with Crippen LogP contribution in [0.15, 0.2) is 5.16 Å². The van der Waals surface area contributed by atoms with Crippen LogP contribution in [0.4, 0.5) is 5.82 Å². The summed E-state index contributed by atoms with van der Waals surface area (Å²) in [5, 5.41) is 19.9. The van der Waals surface area contributed by atoms with Gasteiger partial charge in [0.25, 0.3) is 0 Å². The lowest BCUT2D eigenvalue weighted by atomic mass is 10.2. The topological polar surface area (TPSA) is 109 Å². The average molecular weight is 388 g/mol. The number of aromatic nitrogens is 4. The van der Waals surface area contributed by atoms with Crippen molar-refractivity contribution in [1.29, 1.82) is 5.26 Å². The number of aryl methyl sites for hydroxylation is 1. The van der Waals surface area contributed by atoms with Gasteiger partial charge in [-0.05, 0) is 32.3 Å². The first-order valence-corrected chi connectivity index (χ1v) is 10.1. The van der Waals surface area contributed by atoms with Gasteiger partial charge < -0.3 is 14.6 Å². The van der Waals surface area contributed by atoms with Gasteiger partial charge in [0.15, 0.2) is 0 Å². The SMILES string of the molecule is CCc1nc(SCC(=O)Nc2c(C#N)c(C)c(C)n2C[C@@H]2CCCO2)n[nH]1. The number of ether oxygens (including phenoxy) is 1. The number of rotatable bonds is 7. The first kappa shape index (κ1) is 19.5. The van der Waals surface area contributed by atoms with Crippen LogP contribution in [0.2, 0.25) is 0 Å². The van der Waals surface area contributed by atoms with Crippen LogP contribution in [0.3, 0.4) is 0 Å². The number of carbonyl (C=O) groups is 1. The van der Waals surface area contributed by atoms with Crippen molar-refractivity contribution in [2.75, 3.05) is 17.7 Å². The maximum atomic E-state index is 12.5. The monoisotopic (exact) mass is 388 g/mol. The lowest BCUT2D eigenvalue weighted by molar-refractivity contribution is -0.113. The molecule has 1 fully saturated rings. The third-order valence-corrected chi connectivity index (χ3v) is 5.63. The summed E-state index contributed by atoms with van der Waals surface area (Å²) in [5.41, 5.74) is 2.38. The fourth-order valence-electron chi connectivity index (χ4n) is 3.15. The van der Waals surface area contributed by atoms with Crippen LogP contribution in [0.25, 0.3) is 0 Å². The van der Waals surface area contributed by atoms with E-state index in [2.05, 4.69) is 26.6 Å². The molecule has 1 saturated heterocycles. The van der Waals surface area contributed by atoms with E-state index in [4.69, 9.17) is 4.74 Å². The van der Waals surface area contributed by atoms with Crippen LogP contribution in [0, 0.1) is 25.2 Å². The van der Waals surface area contributed by atoms with E-state index >= 15 is 0 Å². The molecule has 0 radical (unpaired) electrons. The fraction of sp³-hybridized carbons (Fsp3) is 0.556. The smallest absolute Gasteiger partial charge is 0.235 e. The largest absolute Gasteiger partial charge is 0.376 e. The normalized spacial score (nSPS) is 16.4. The van der Waals surface area contributed by atoms with E-state index in [1.807, 2.05) is 25.3 Å². The predicted molar refractivity (Wildman–Crippen MR) is 103 cm³/mol.